The van der Waals surface area contributed by atoms with Gasteiger partial charge in [0.15, 0.2) is 0 Å². The Balaban J connectivity index is 3.37. The number of carboxylic acid groups (broad SMARTS) is 1. The highest BCUT2D eigenvalue weighted by Crippen LogP contribution is 2.15. The van der Waals surface area contributed by atoms with Gasteiger partial charge in [-0.3, -0.25) is 4.79 Å². The second-order valence-electron chi connectivity index (χ2n) is 8.08. The zero-order valence-electron chi connectivity index (χ0n) is 18.3. The predicted octanol–water partition coefficient (Wildman–Crippen LogP) is 6.57. The van der Waals surface area contributed by atoms with Gasteiger partial charge in [-0.05, 0) is 6.42 Å². The van der Waals surface area contributed by atoms with Gasteiger partial charge in [-0.25, -0.2) is 4.79 Å². The van der Waals surface area contributed by atoms with E-state index in [0.29, 0.717) is 6.42 Å². The lowest BCUT2D eigenvalue weighted by atomic mass is 10.0. The Morgan fingerprint density at radius 3 is 1.33 bits per heavy atom. The van der Waals surface area contributed by atoms with Crippen LogP contribution in [0.5, 0.6) is 0 Å². The highest BCUT2D eigenvalue weighted by Gasteiger charge is 2.23. The van der Waals surface area contributed by atoms with Gasteiger partial charge in [0.2, 0.25) is 5.91 Å². The van der Waals surface area contributed by atoms with Gasteiger partial charge in [-0.1, -0.05) is 110 Å². The van der Waals surface area contributed by atoms with E-state index in [1.807, 2.05) is 0 Å². The summed E-state index contributed by atoms with van der Waals surface area (Å²) in [6.45, 7) is 3.69. The molecule has 1 atom stereocenters. The van der Waals surface area contributed by atoms with Crippen LogP contribution in [0.1, 0.15) is 123 Å². The molecule has 27 heavy (non-hydrogen) atoms. The van der Waals surface area contributed by atoms with Crippen LogP contribution in [0.3, 0.4) is 0 Å². The molecule has 0 radical (unpaired) electrons. The lowest BCUT2D eigenvalue weighted by Gasteiger charge is -2.23. The van der Waals surface area contributed by atoms with Gasteiger partial charge in [0.1, 0.15) is 6.04 Å². The van der Waals surface area contributed by atoms with E-state index in [2.05, 4.69) is 6.92 Å². The van der Waals surface area contributed by atoms with Crippen LogP contribution in [0.15, 0.2) is 0 Å². The van der Waals surface area contributed by atoms with Crippen LogP contribution in [-0.2, 0) is 9.59 Å². The lowest BCUT2D eigenvalue weighted by molar-refractivity contribution is -0.148. The first kappa shape index (κ1) is 25.9. The van der Waals surface area contributed by atoms with E-state index < -0.39 is 12.0 Å². The Bertz CT molecular complexity index is 371. The second kappa shape index (κ2) is 18.3. The molecule has 0 saturated carbocycles. The first-order valence-electron chi connectivity index (χ1n) is 11.5. The smallest absolute Gasteiger partial charge is 0.326 e. The van der Waals surface area contributed by atoms with Crippen molar-refractivity contribution in [2.45, 2.75) is 129 Å². The summed E-state index contributed by atoms with van der Waals surface area (Å²) in [4.78, 5) is 23.9. The molecule has 4 nitrogen and oxygen atoms in total. The number of carbonyl (C=O) groups excluding carboxylic acids is 1. The van der Waals surface area contributed by atoms with Crippen LogP contribution in [0.25, 0.3) is 0 Å². The third-order valence-corrected chi connectivity index (χ3v) is 5.58. The molecule has 0 rings (SSSR count). The molecule has 1 amide bonds. The number of amides is 1. The lowest BCUT2D eigenvalue weighted by Crippen LogP contribution is -2.41. The largest absolute Gasteiger partial charge is 0.480 e. The molecule has 0 aliphatic carbocycles. The van der Waals surface area contributed by atoms with Crippen molar-refractivity contribution in [2.75, 3.05) is 7.05 Å². The van der Waals surface area contributed by atoms with E-state index in [-0.39, 0.29) is 5.91 Å². The van der Waals surface area contributed by atoms with E-state index in [1.54, 1.807) is 7.05 Å². The Kier molecular flexibility index (Phi) is 17.6. The molecule has 1 N–H and O–H groups in total. The maximum atomic E-state index is 11.3. The molecule has 0 aliphatic rings. The fraction of sp³-hybridized carbons (Fsp3) is 0.913. The summed E-state index contributed by atoms with van der Waals surface area (Å²) >= 11 is 0. The summed E-state index contributed by atoms with van der Waals surface area (Å²) in [5, 5.41) is 9.22. The molecule has 0 spiro atoms. The number of aliphatic carboxylic acids is 1. The van der Waals surface area contributed by atoms with Gasteiger partial charge in [-0.2, -0.15) is 0 Å². The molecule has 4 heteroatoms. The topological polar surface area (TPSA) is 57.6 Å². The van der Waals surface area contributed by atoms with Crippen molar-refractivity contribution in [1.82, 2.24) is 4.90 Å². The third-order valence-electron chi connectivity index (χ3n) is 5.58. The summed E-state index contributed by atoms with van der Waals surface area (Å²) in [7, 11) is 1.58. The number of likely N-dealkylation sites (N-methyl/N-ethyl adjacent to an activating group) is 1. The van der Waals surface area contributed by atoms with Gasteiger partial charge in [0.05, 0.1) is 0 Å². The van der Waals surface area contributed by atoms with Crippen molar-refractivity contribution in [3.05, 3.63) is 0 Å². The number of rotatable bonds is 19. The Hall–Kier alpha value is -1.06. The highest BCUT2D eigenvalue weighted by atomic mass is 16.4. The van der Waals surface area contributed by atoms with Crippen molar-refractivity contribution < 1.29 is 14.7 Å². The number of unbranched alkanes of at least 4 members (excludes halogenated alkanes) is 15. The van der Waals surface area contributed by atoms with Gasteiger partial charge in [0, 0.05) is 14.0 Å². The van der Waals surface area contributed by atoms with E-state index in [1.165, 1.54) is 102 Å². The molecule has 160 valence electrons. The van der Waals surface area contributed by atoms with Crippen molar-refractivity contribution in [3.8, 4) is 0 Å². The van der Waals surface area contributed by atoms with E-state index >= 15 is 0 Å². The van der Waals surface area contributed by atoms with Crippen LogP contribution >= 0.6 is 0 Å². The summed E-state index contributed by atoms with van der Waals surface area (Å²) in [5.41, 5.74) is 0. The van der Waals surface area contributed by atoms with Crippen LogP contribution in [0, 0.1) is 0 Å². The second-order valence-corrected chi connectivity index (χ2v) is 8.08. The predicted molar refractivity (Wildman–Crippen MR) is 114 cm³/mol. The van der Waals surface area contributed by atoms with Gasteiger partial charge >= 0.3 is 5.97 Å². The molecule has 0 bridgehead atoms. The zero-order chi connectivity index (χ0) is 20.3. The molecule has 0 aromatic rings. The summed E-state index contributed by atoms with van der Waals surface area (Å²) in [6, 6.07) is -0.672. The summed E-state index contributed by atoms with van der Waals surface area (Å²) in [6.07, 6.45) is 21.5. The molecular weight excluding hydrogens is 338 g/mol. The van der Waals surface area contributed by atoms with Gasteiger partial charge in [0.25, 0.3) is 0 Å². The maximum absolute atomic E-state index is 11.3. The zero-order valence-corrected chi connectivity index (χ0v) is 18.3. The first-order valence-corrected chi connectivity index (χ1v) is 11.5. The van der Waals surface area contributed by atoms with E-state index in [0.717, 1.165) is 12.8 Å². The van der Waals surface area contributed by atoms with E-state index in [9.17, 15) is 14.7 Å². The Labute approximate surface area is 168 Å². The summed E-state index contributed by atoms with van der Waals surface area (Å²) in [5.74, 6) is -1.08. The minimum Gasteiger partial charge on any atom is -0.480 e. The molecule has 0 heterocycles. The average molecular weight is 384 g/mol. The normalized spacial score (nSPS) is 12.1. The molecule has 0 fully saturated rings. The fourth-order valence-electron chi connectivity index (χ4n) is 3.59. The number of hydrogen-bond acceptors (Lipinski definition) is 2. The van der Waals surface area contributed by atoms with Crippen molar-refractivity contribution >= 4 is 11.9 Å². The number of nitrogens with zero attached hydrogens (tertiary/aromatic N) is 1. The molecule has 1 unspecified atom stereocenters. The van der Waals surface area contributed by atoms with E-state index in [4.69, 9.17) is 0 Å². The Morgan fingerprint density at radius 1 is 0.704 bits per heavy atom. The highest BCUT2D eigenvalue weighted by molar-refractivity contribution is 5.81. The van der Waals surface area contributed by atoms with Crippen LogP contribution in [0.4, 0.5) is 0 Å². The molecule has 0 saturated heterocycles. The van der Waals surface area contributed by atoms with Crippen LogP contribution in [0.2, 0.25) is 0 Å². The maximum Gasteiger partial charge on any atom is 0.326 e. The minimum atomic E-state index is -0.895. The molecule has 0 aromatic carbocycles. The fourth-order valence-corrected chi connectivity index (χ4v) is 3.59. The minimum absolute atomic E-state index is 0.182. The molecule has 0 aliphatic heterocycles. The standard InChI is InChI=1S/C23H45NO3/c1-4-5-6-7-8-9-10-11-12-13-14-15-16-17-18-19-20-22(23(26)27)24(3)21(2)25/h22H,4-20H2,1-3H3,(H,26,27). The van der Waals surface area contributed by atoms with Crippen molar-refractivity contribution in [2.24, 2.45) is 0 Å². The van der Waals surface area contributed by atoms with Gasteiger partial charge in [-0.15, -0.1) is 0 Å². The van der Waals surface area contributed by atoms with Gasteiger partial charge < -0.3 is 10.0 Å². The first-order chi connectivity index (χ1) is 13.0. The molecular formula is C23H45NO3. The average Bonchev–Trinajstić information content (AvgIpc) is 2.63. The number of carbonyl (C=O) groups is 2. The molecule has 0 aromatic heterocycles. The van der Waals surface area contributed by atoms with Crippen LogP contribution < -0.4 is 0 Å². The number of hydrogen-bond donors (Lipinski definition) is 1. The van der Waals surface area contributed by atoms with Crippen molar-refractivity contribution in [1.29, 1.82) is 0 Å². The van der Waals surface area contributed by atoms with Crippen LogP contribution in [-0.4, -0.2) is 35.0 Å². The quantitative estimate of drug-likeness (QED) is 0.257. The monoisotopic (exact) mass is 383 g/mol. The number of carboxylic acids is 1. The SMILES string of the molecule is CCCCCCCCCCCCCCCCCCC(C(=O)O)N(C)C(C)=O. The van der Waals surface area contributed by atoms with Crippen molar-refractivity contribution in [3.63, 3.8) is 0 Å². The summed E-state index contributed by atoms with van der Waals surface area (Å²) < 4.78 is 0. The third kappa shape index (κ3) is 15.7. The Morgan fingerprint density at radius 2 is 1.04 bits per heavy atom.